The molecule has 4 atom stereocenters. The van der Waals surface area contributed by atoms with Gasteiger partial charge in [-0.15, -0.1) is 0 Å². The minimum absolute atomic E-state index is 0.00953. The molecular weight excluding hydrogens is 334 g/mol. The van der Waals surface area contributed by atoms with Crippen molar-refractivity contribution < 1.29 is 14.7 Å². The normalized spacial score (nSPS) is 29.6. The standard InChI is InChI=1S/C16H16BrNO3/c1-8-2-5-12(11(17)6-8)18-15(19)13-9-3-4-10(7-9)14(13)16(20)21/h2-6,9-10,13-14H,7H2,1H3,(H,18,19)(H,20,21)/t9-,10-,13-,14-/m0/s1. The van der Waals surface area contributed by atoms with Gasteiger partial charge in [0.2, 0.25) is 5.91 Å². The first-order valence-electron chi connectivity index (χ1n) is 6.95. The Morgan fingerprint density at radius 2 is 1.90 bits per heavy atom. The molecule has 4 nitrogen and oxygen atoms in total. The van der Waals surface area contributed by atoms with E-state index in [0.717, 1.165) is 16.5 Å². The van der Waals surface area contributed by atoms with Crippen molar-refractivity contribution in [3.63, 3.8) is 0 Å². The molecule has 2 aliphatic rings. The van der Waals surface area contributed by atoms with Gasteiger partial charge in [0.15, 0.2) is 0 Å². The van der Waals surface area contributed by atoms with E-state index in [1.165, 1.54) is 0 Å². The molecule has 0 aromatic heterocycles. The molecule has 0 unspecified atom stereocenters. The van der Waals surface area contributed by atoms with E-state index in [4.69, 9.17) is 0 Å². The average molecular weight is 350 g/mol. The molecule has 1 fully saturated rings. The molecule has 0 radical (unpaired) electrons. The fourth-order valence-electron chi connectivity index (χ4n) is 3.45. The minimum Gasteiger partial charge on any atom is -0.481 e. The fraction of sp³-hybridized carbons (Fsp3) is 0.375. The number of allylic oxidation sites excluding steroid dienone is 2. The second-order valence-electron chi connectivity index (χ2n) is 5.81. The molecule has 0 aliphatic heterocycles. The van der Waals surface area contributed by atoms with Crippen molar-refractivity contribution in [3.8, 4) is 0 Å². The third-order valence-corrected chi connectivity index (χ3v) is 5.09. The van der Waals surface area contributed by atoms with Gasteiger partial charge in [0.1, 0.15) is 0 Å². The number of aryl methyl sites for hydroxylation is 1. The number of hydrogen-bond acceptors (Lipinski definition) is 2. The summed E-state index contributed by atoms with van der Waals surface area (Å²) in [6.45, 7) is 1.97. The third-order valence-electron chi connectivity index (χ3n) is 4.43. The summed E-state index contributed by atoms with van der Waals surface area (Å²) in [5.74, 6) is -2.14. The molecule has 5 heteroatoms. The number of rotatable bonds is 3. The molecule has 2 bridgehead atoms. The molecule has 2 N–H and O–H groups in total. The molecule has 1 aromatic rings. The maximum Gasteiger partial charge on any atom is 0.307 e. The summed E-state index contributed by atoms with van der Waals surface area (Å²) in [7, 11) is 0. The zero-order chi connectivity index (χ0) is 15.1. The number of fused-ring (bicyclic) bond motifs is 2. The van der Waals surface area contributed by atoms with Gasteiger partial charge in [0.25, 0.3) is 0 Å². The molecule has 3 rings (SSSR count). The number of carboxylic acids is 1. The Labute approximate surface area is 131 Å². The van der Waals surface area contributed by atoms with E-state index in [0.29, 0.717) is 5.69 Å². The number of benzene rings is 1. The zero-order valence-corrected chi connectivity index (χ0v) is 13.1. The summed E-state index contributed by atoms with van der Waals surface area (Å²) in [5.41, 5.74) is 1.77. The monoisotopic (exact) mass is 349 g/mol. The third kappa shape index (κ3) is 2.50. The molecule has 0 spiro atoms. The van der Waals surface area contributed by atoms with E-state index in [9.17, 15) is 14.7 Å². The first kappa shape index (κ1) is 14.3. The Kier molecular flexibility index (Phi) is 3.61. The van der Waals surface area contributed by atoms with Crippen molar-refractivity contribution in [3.05, 3.63) is 40.4 Å². The van der Waals surface area contributed by atoms with Crippen LogP contribution in [-0.4, -0.2) is 17.0 Å². The molecule has 110 valence electrons. The van der Waals surface area contributed by atoms with Crippen LogP contribution in [0.15, 0.2) is 34.8 Å². The van der Waals surface area contributed by atoms with Gasteiger partial charge in [-0.05, 0) is 58.8 Å². The minimum atomic E-state index is -0.880. The zero-order valence-electron chi connectivity index (χ0n) is 11.5. The van der Waals surface area contributed by atoms with Crippen LogP contribution in [0.1, 0.15) is 12.0 Å². The van der Waals surface area contributed by atoms with Crippen molar-refractivity contribution in [2.45, 2.75) is 13.3 Å². The molecule has 1 amide bonds. The van der Waals surface area contributed by atoms with Crippen LogP contribution in [0.25, 0.3) is 0 Å². The topological polar surface area (TPSA) is 66.4 Å². The maximum absolute atomic E-state index is 12.5. The maximum atomic E-state index is 12.5. The van der Waals surface area contributed by atoms with Gasteiger partial charge in [0, 0.05) is 4.47 Å². The smallest absolute Gasteiger partial charge is 0.307 e. The lowest BCUT2D eigenvalue weighted by molar-refractivity contribution is -0.146. The summed E-state index contributed by atoms with van der Waals surface area (Å²) >= 11 is 3.42. The molecule has 0 saturated heterocycles. The summed E-state index contributed by atoms with van der Waals surface area (Å²) < 4.78 is 0.807. The van der Waals surface area contributed by atoms with Crippen molar-refractivity contribution in [1.82, 2.24) is 0 Å². The van der Waals surface area contributed by atoms with E-state index < -0.39 is 17.8 Å². The highest BCUT2D eigenvalue weighted by molar-refractivity contribution is 9.10. The Bertz CT molecular complexity index is 640. The highest BCUT2D eigenvalue weighted by Gasteiger charge is 2.51. The van der Waals surface area contributed by atoms with Crippen LogP contribution in [0.5, 0.6) is 0 Å². The lowest BCUT2D eigenvalue weighted by atomic mass is 9.82. The fourth-order valence-corrected chi connectivity index (χ4v) is 4.05. The number of anilines is 1. The van der Waals surface area contributed by atoms with Gasteiger partial charge >= 0.3 is 5.97 Å². The Balaban J connectivity index is 1.82. The van der Waals surface area contributed by atoms with Gasteiger partial charge in [-0.25, -0.2) is 0 Å². The molecule has 21 heavy (non-hydrogen) atoms. The first-order valence-corrected chi connectivity index (χ1v) is 7.75. The quantitative estimate of drug-likeness (QED) is 0.823. The number of amides is 1. The van der Waals surface area contributed by atoms with Crippen molar-refractivity contribution in [2.75, 3.05) is 5.32 Å². The largest absolute Gasteiger partial charge is 0.481 e. The Morgan fingerprint density at radius 3 is 2.52 bits per heavy atom. The van der Waals surface area contributed by atoms with Crippen molar-refractivity contribution >= 4 is 33.5 Å². The van der Waals surface area contributed by atoms with Gasteiger partial charge in [0.05, 0.1) is 17.5 Å². The van der Waals surface area contributed by atoms with Crippen molar-refractivity contribution in [1.29, 1.82) is 0 Å². The van der Waals surface area contributed by atoms with Crippen LogP contribution in [0, 0.1) is 30.6 Å². The number of carboxylic acid groups (broad SMARTS) is 1. The summed E-state index contributed by atoms with van der Waals surface area (Å²) in [5, 5.41) is 12.3. The van der Waals surface area contributed by atoms with E-state index in [2.05, 4.69) is 21.2 Å². The van der Waals surface area contributed by atoms with Crippen LogP contribution in [0.2, 0.25) is 0 Å². The number of aliphatic carboxylic acids is 1. The van der Waals surface area contributed by atoms with Gasteiger partial charge in [-0.1, -0.05) is 18.2 Å². The molecule has 0 heterocycles. The molecule has 2 aliphatic carbocycles. The molecule has 1 saturated carbocycles. The van der Waals surface area contributed by atoms with Gasteiger partial charge in [-0.3, -0.25) is 9.59 Å². The SMILES string of the molecule is Cc1ccc(NC(=O)[C@@H]2[C@@H](C(=O)O)[C@H]3C=C[C@H]2C3)c(Br)c1. The first-order chi connectivity index (χ1) is 9.97. The van der Waals surface area contributed by atoms with Crippen molar-refractivity contribution in [2.24, 2.45) is 23.7 Å². The number of hydrogen-bond donors (Lipinski definition) is 2. The van der Waals surface area contributed by atoms with Crippen LogP contribution in [0.3, 0.4) is 0 Å². The predicted octanol–water partition coefficient (Wildman–Crippen LogP) is 3.22. The molecule has 1 aromatic carbocycles. The average Bonchev–Trinajstić information content (AvgIpc) is 3.02. The second-order valence-corrected chi connectivity index (χ2v) is 6.67. The van der Waals surface area contributed by atoms with Crippen LogP contribution < -0.4 is 5.32 Å². The van der Waals surface area contributed by atoms with E-state index in [-0.39, 0.29) is 17.7 Å². The second kappa shape index (κ2) is 5.30. The highest BCUT2D eigenvalue weighted by Crippen LogP contribution is 2.48. The van der Waals surface area contributed by atoms with Gasteiger partial charge < -0.3 is 10.4 Å². The predicted molar refractivity (Wildman–Crippen MR) is 82.9 cm³/mol. The van der Waals surface area contributed by atoms with E-state index in [1.54, 1.807) is 0 Å². The lowest BCUT2D eigenvalue weighted by Crippen LogP contribution is -2.36. The highest BCUT2D eigenvalue weighted by atomic mass is 79.9. The number of carbonyl (C=O) groups excluding carboxylic acids is 1. The van der Waals surface area contributed by atoms with E-state index >= 15 is 0 Å². The Morgan fingerprint density at radius 1 is 1.24 bits per heavy atom. The number of nitrogens with one attached hydrogen (secondary N) is 1. The van der Waals surface area contributed by atoms with Crippen LogP contribution in [0.4, 0.5) is 5.69 Å². The summed E-state index contributed by atoms with van der Waals surface area (Å²) in [6, 6.07) is 5.66. The van der Waals surface area contributed by atoms with Crippen LogP contribution >= 0.6 is 15.9 Å². The van der Waals surface area contributed by atoms with E-state index in [1.807, 2.05) is 37.3 Å². The molecular formula is C16H16BrNO3. The number of carbonyl (C=O) groups is 2. The Hall–Kier alpha value is -1.62. The van der Waals surface area contributed by atoms with Gasteiger partial charge in [-0.2, -0.15) is 0 Å². The summed E-state index contributed by atoms with van der Waals surface area (Å²) in [4.78, 5) is 24.0. The lowest BCUT2D eigenvalue weighted by Gasteiger charge is -2.24. The number of halogens is 1. The summed E-state index contributed by atoms with van der Waals surface area (Å²) in [6.07, 6.45) is 4.69. The van der Waals surface area contributed by atoms with Crippen LogP contribution in [-0.2, 0) is 9.59 Å².